The minimum absolute atomic E-state index is 0.0671. The van der Waals surface area contributed by atoms with Crippen LogP contribution in [0, 0.1) is 0 Å². The number of pyridine rings is 1. The first-order valence-electron chi connectivity index (χ1n) is 9.59. The Bertz CT molecular complexity index is 854. The predicted molar refractivity (Wildman–Crippen MR) is 105 cm³/mol. The number of aromatic nitrogens is 1. The molecule has 2 aliphatic rings. The lowest BCUT2D eigenvalue weighted by Crippen LogP contribution is -2.49. The van der Waals surface area contributed by atoms with Crippen molar-refractivity contribution < 1.29 is 14.3 Å². The van der Waals surface area contributed by atoms with Gasteiger partial charge in [0.1, 0.15) is 5.82 Å². The minimum atomic E-state index is -0.485. The fourth-order valence-corrected chi connectivity index (χ4v) is 3.76. The highest BCUT2D eigenvalue weighted by atomic mass is 16.5. The molecule has 7 heteroatoms. The van der Waals surface area contributed by atoms with Gasteiger partial charge in [0.05, 0.1) is 12.2 Å². The molecule has 1 unspecified atom stereocenters. The van der Waals surface area contributed by atoms with Crippen LogP contribution in [0.1, 0.15) is 38.6 Å². The second-order valence-corrected chi connectivity index (χ2v) is 7.23. The maximum Gasteiger partial charge on any atom is 0.253 e. The number of benzene rings is 1. The Balaban J connectivity index is 1.38. The maximum absolute atomic E-state index is 12.9. The third-order valence-corrected chi connectivity index (χ3v) is 5.46. The van der Waals surface area contributed by atoms with Crippen LogP contribution in [0.4, 0.5) is 5.82 Å². The smallest absolute Gasteiger partial charge is 0.253 e. The third-order valence-electron chi connectivity index (χ3n) is 5.46. The Morgan fingerprint density at radius 1 is 1.07 bits per heavy atom. The molecule has 28 heavy (non-hydrogen) atoms. The van der Waals surface area contributed by atoms with E-state index in [0.717, 1.165) is 31.0 Å². The second-order valence-electron chi connectivity index (χ2n) is 7.23. The number of hydrogen-bond acceptors (Lipinski definition) is 5. The number of piperazine rings is 1. The molecule has 4 rings (SSSR count). The molecule has 0 radical (unpaired) electrons. The number of primary amides is 1. The van der Waals surface area contributed by atoms with Gasteiger partial charge in [-0.3, -0.25) is 9.59 Å². The van der Waals surface area contributed by atoms with Crippen molar-refractivity contribution in [3.63, 3.8) is 0 Å². The van der Waals surface area contributed by atoms with Crippen LogP contribution in [-0.4, -0.2) is 61.1 Å². The molecular weight excluding hydrogens is 356 g/mol. The van der Waals surface area contributed by atoms with Crippen LogP contribution in [0.3, 0.4) is 0 Å². The summed E-state index contributed by atoms with van der Waals surface area (Å²) in [5, 5.41) is 0. The molecule has 7 nitrogen and oxygen atoms in total. The van der Waals surface area contributed by atoms with Gasteiger partial charge in [0, 0.05) is 50.5 Å². The number of carbonyl (C=O) groups is 2. The van der Waals surface area contributed by atoms with Gasteiger partial charge in [-0.1, -0.05) is 12.1 Å². The maximum atomic E-state index is 12.9. The molecular formula is C21H24N4O3. The van der Waals surface area contributed by atoms with E-state index in [-0.39, 0.29) is 5.91 Å². The molecule has 0 bridgehead atoms. The molecule has 2 aromatic rings. The van der Waals surface area contributed by atoms with Gasteiger partial charge in [0.25, 0.3) is 5.91 Å². The largest absolute Gasteiger partial charge is 0.381 e. The fraction of sp³-hybridized carbons (Fsp3) is 0.381. The molecule has 0 spiro atoms. The molecule has 2 amide bonds. The summed E-state index contributed by atoms with van der Waals surface area (Å²) in [5.41, 5.74) is 7.57. The van der Waals surface area contributed by atoms with Gasteiger partial charge >= 0.3 is 0 Å². The van der Waals surface area contributed by atoms with E-state index in [1.807, 2.05) is 23.1 Å². The topological polar surface area (TPSA) is 88.8 Å². The Kier molecular flexibility index (Phi) is 5.25. The first kappa shape index (κ1) is 18.4. The first-order valence-corrected chi connectivity index (χ1v) is 9.59. The number of carbonyl (C=O) groups excluding carboxylic acids is 2. The molecule has 146 valence electrons. The lowest BCUT2D eigenvalue weighted by molar-refractivity contribution is 0.0746. The van der Waals surface area contributed by atoms with E-state index < -0.39 is 5.91 Å². The lowest BCUT2D eigenvalue weighted by Gasteiger charge is -2.35. The van der Waals surface area contributed by atoms with Crippen molar-refractivity contribution in [3.05, 3.63) is 59.3 Å². The minimum Gasteiger partial charge on any atom is -0.381 e. The van der Waals surface area contributed by atoms with E-state index in [9.17, 15) is 9.59 Å². The van der Waals surface area contributed by atoms with Crippen LogP contribution >= 0.6 is 0 Å². The normalized spacial score (nSPS) is 19.6. The average molecular weight is 380 g/mol. The summed E-state index contributed by atoms with van der Waals surface area (Å²) in [7, 11) is 0. The van der Waals surface area contributed by atoms with Crippen LogP contribution in [-0.2, 0) is 4.74 Å². The highest BCUT2D eigenvalue weighted by molar-refractivity contribution is 5.94. The number of amides is 2. The van der Waals surface area contributed by atoms with Gasteiger partial charge in [-0.05, 0) is 36.2 Å². The lowest BCUT2D eigenvalue weighted by atomic mass is 9.96. The number of nitrogens with two attached hydrogens (primary N) is 1. The summed E-state index contributed by atoms with van der Waals surface area (Å²) < 4.78 is 5.47. The quantitative estimate of drug-likeness (QED) is 0.871. The molecule has 2 saturated heterocycles. The van der Waals surface area contributed by atoms with Gasteiger partial charge in [0.15, 0.2) is 0 Å². The van der Waals surface area contributed by atoms with Gasteiger partial charge in [-0.15, -0.1) is 0 Å². The summed E-state index contributed by atoms with van der Waals surface area (Å²) in [6.45, 7) is 4.19. The molecule has 1 atom stereocenters. The summed E-state index contributed by atoms with van der Waals surface area (Å²) in [5.74, 6) is 0.762. The van der Waals surface area contributed by atoms with E-state index in [1.54, 1.807) is 12.1 Å². The zero-order valence-corrected chi connectivity index (χ0v) is 15.7. The van der Waals surface area contributed by atoms with Crippen molar-refractivity contribution >= 4 is 17.6 Å². The van der Waals surface area contributed by atoms with Gasteiger partial charge in [-0.25, -0.2) is 4.98 Å². The second kappa shape index (κ2) is 7.98. The monoisotopic (exact) mass is 380 g/mol. The van der Waals surface area contributed by atoms with E-state index in [1.165, 1.54) is 11.8 Å². The van der Waals surface area contributed by atoms with Crippen LogP contribution in [0.5, 0.6) is 0 Å². The van der Waals surface area contributed by atoms with Gasteiger partial charge < -0.3 is 20.3 Å². The van der Waals surface area contributed by atoms with Crippen molar-refractivity contribution in [1.82, 2.24) is 9.88 Å². The standard InChI is InChI=1S/C21H24N4O3/c22-20(26)17-4-5-19(23-13-17)24-7-9-25(10-8-24)21(27)16-3-1-2-15(12-16)18-6-11-28-14-18/h1-5,12-13,18H,6-11,14H2,(H2,22,26). The van der Waals surface area contributed by atoms with Crippen LogP contribution < -0.4 is 10.6 Å². The van der Waals surface area contributed by atoms with Crippen LogP contribution in [0.15, 0.2) is 42.6 Å². The SMILES string of the molecule is NC(=O)c1ccc(N2CCN(C(=O)c3cccc(C4CCOC4)c3)CC2)nc1. The highest BCUT2D eigenvalue weighted by Crippen LogP contribution is 2.26. The van der Waals surface area contributed by atoms with Crippen molar-refractivity contribution in [1.29, 1.82) is 0 Å². The van der Waals surface area contributed by atoms with Crippen LogP contribution in [0.2, 0.25) is 0 Å². The fourth-order valence-electron chi connectivity index (χ4n) is 3.76. The Hall–Kier alpha value is -2.93. The number of anilines is 1. The number of hydrogen-bond donors (Lipinski definition) is 1. The molecule has 0 saturated carbocycles. The van der Waals surface area contributed by atoms with E-state index in [4.69, 9.17) is 10.5 Å². The Morgan fingerprint density at radius 2 is 1.89 bits per heavy atom. The molecule has 1 aromatic heterocycles. The molecule has 0 aliphatic carbocycles. The van der Waals surface area contributed by atoms with Gasteiger partial charge in [0.2, 0.25) is 5.91 Å². The van der Waals surface area contributed by atoms with E-state index >= 15 is 0 Å². The summed E-state index contributed by atoms with van der Waals surface area (Å²) in [6.07, 6.45) is 2.51. The molecule has 3 heterocycles. The van der Waals surface area contributed by atoms with Crippen molar-refractivity contribution in [2.45, 2.75) is 12.3 Å². The molecule has 1 aromatic carbocycles. The van der Waals surface area contributed by atoms with E-state index in [2.05, 4.69) is 16.0 Å². The first-order chi connectivity index (χ1) is 13.6. The van der Waals surface area contributed by atoms with Gasteiger partial charge in [-0.2, -0.15) is 0 Å². The number of ether oxygens (including phenoxy) is 1. The summed E-state index contributed by atoms with van der Waals surface area (Å²) in [6, 6.07) is 11.4. The van der Waals surface area contributed by atoms with E-state index in [0.29, 0.717) is 37.7 Å². The molecule has 2 N–H and O–H groups in total. The zero-order chi connectivity index (χ0) is 19.5. The Labute approximate surface area is 164 Å². The van der Waals surface area contributed by atoms with Crippen molar-refractivity contribution in [3.8, 4) is 0 Å². The number of nitrogens with zero attached hydrogens (tertiary/aromatic N) is 3. The molecule has 2 fully saturated rings. The summed E-state index contributed by atoms with van der Waals surface area (Å²) in [4.78, 5) is 32.4. The van der Waals surface area contributed by atoms with Crippen molar-refractivity contribution in [2.75, 3.05) is 44.3 Å². The predicted octanol–water partition coefficient (Wildman–Crippen LogP) is 1.65. The zero-order valence-electron chi connectivity index (χ0n) is 15.7. The highest BCUT2D eigenvalue weighted by Gasteiger charge is 2.24. The summed E-state index contributed by atoms with van der Waals surface area (Å²) >= 11 is 0. The number of rotatable bonds is 4. The average Bonchev–Trinajstić information content (AvgIpc) is 3.28. The third kappa shape index (κ3) is 3.84. The molecule has 2 aliphatic heterocycles. The van der Waals surface area contributed by atoms with Crippen molar-refractivity contribution in [2.24, 2.45) is 5.73 Å². The Morgan fingerprint density at radius 3 is 2.54 bits per heavy atom. The van der Waals surface area contributed by atoms with Crippen LogP contribution in [0.25, 0.3) is 0 Å².